The van der Waals surface area contributed by atoms with E-state index in [2.05, 4.69) is 33.1 Å². The lowest BCUT2D eigenvalue weighted by atomic mass is 10.2. The third kappa shape index (κ3) is 6.96. The summed E-state index contributed by atoms with van der Waals surface area (Å²) in [6.45, 7) is 4.21. The van der Waals surface area contributed by atoms with Gasteiger partial charge < -0.3 is 24.6 Å². The first-order valence-corrected chi connectivity index (χ1v) is 13.2. The maximum Gasteiger partial charge on any atom is 0.313 e. The standard InChI is InChI=1S/C27H26BrCl2N3O4/c1-17-16-36-11-10-33(17)24-9-8-21(14-23(24)30)31-26(34)27(35)32(2)15-18-6-7-19(28)12-25(18)37-22-5-3-4-20(29)13-22/h3-9,12-14,17H,10-11,15-16H2,1-2H3,(H,31,34). The molecule has 194 valence electrons. The zero-order chi connectivity index (χ0) is 26.5. The third-order valence-electron chi connectivity index (χ3n) is 5.88. The normalized spacial score (nSPS) is 15.3. The van der Waals surface area contributed by atoms with Crippen LogP contribution in [0, 0.1) is 0 Å². The molecule has 37 heavy (non-hydrogen) atoms. The Balaban J connectivity index is 1.42. The summed E-state index contributed by atoms with van der Waals surface area (Å²) >= 11 is 16.0. The third-order valence-corrected chi connectivity index (χ3v) is 6.92. The van der Waals surface area contributed by atoms with Crippen LogP contribution in [0.3, 0.4) is 0 Å². The van der Waals surface area contributed by atoms with Crippen LogP contribution in [0.15, 0.2) is 65.1 Å². The Morgan fingerprint density at radius 3 is 2.70 bits per heavy atom. The second-order valence-electron chi connectivity index (χ2n) is 8.71. The summed E-state index contributed by atoms with van der Waals surface area (Å²) in [5.41, 5.74) is 2.02. The Labute approximate surface area is 234 Å². The number of morpholine rings is 1. The van der Waals surface area contributed by atoms with Crippen molar-refractivity contribution in [1.82, 2.24) is 4.90 Å². The molecular formula is C27H26BrCl2N3O4. The SMILES string of the molecule is CC1COCCN1c1ccc(NC(=O)C(=O)N(C)Cc2ccc(Br)cc2Oc2cccc(Cl)c2)cc1Cl. The van der Waals surface area contributed by atoms with E-state index in [1.54, 1.807) is 49.5 Å². The summed E-state index contributed by atoms with van der Waals surface area (Å²) in [4.78, 5) is 29.1. The minimum atomic E-state index is -0.763. The molecule has 1 aliphatic heterocycles. The fourth-order valence-corrected chi connectivity index (χ4v) is 4.81. The number of likely N-dealkylation sites (N-methyl/N-ethyl adjacent to an activating group) is 1. The first-order valence-electron chi connectivity index (χ1n) is 11.6. The molecule has 1 saturated heterocycles. The quantitative estimate of drug-likeness (QED) is 0.330. The van der Waals surface area contributed by atoms with E-state index in [4.69, 9.17) is 32.7 Å². The Bertz CT molecular complexity index is 1310. The molecule has 0 spiro atoms. The smallest absolute Gasteiger partial charge is 0.313 e. The predicted octanol–water partition coefficient (Wildman–Crippen LogP) is 6.37. The lowest BCUT2D eigenvalue weighted by Crippen LogP contribution is -2.43. The van der Waals surface area contributed by atoms with E-state index in [0.717, 1.165) is 22.3 Å². The summed E-state index contributed by atoms with van der Waals surface area (Å²) in [6, 6.07) is 17.9. The van der Waals surface area contributed by atoms with Crippen molar-refractivity contribution in [2.75, 3.05) is 37.0 Å². The Hall–Kier alpha value is -2.78. The van der Waals surface area contributed by atoms with Crippen molar-refractivity contribution in [3.05, 3.63) is 80.7 Å². The lowest BCUT2D eigenvalue weighted by molar-refractivity contribution is -0.142. The average Bonchev–Trinajstić information content (AvgIpc) is 2.86. The molecule has 0 bridgehead atoms. The largest absolute Gasteiger partial charge is 0.457 e. The van der Waals surface area contributed by atoms with Crippen molar-refractivity contribution in [3.8, 4) is 11.5 Å². The van der Waals surface area contributed by atoms with E-state index < -0.39 is 11.8 Å². The molecule has 0 radical (unpaired) electrons. The van der Waals surface area contributed by atoms with Gasteiger partial charge in [-0.15, -0.1) is 0 Å². The number of nitrogens with zero attached hydrogens (tertiary/aromatic N) is 2. The highest BCUT2D eigenvalue weighted by atomic mass is 79.9. The van der Waals surface area contributed by atoms with Crippen molar-refractivity contribution >= 4 is 62.3 Å². The Morgan fingerprint density at radius 1 is 1.16 bits per heavy atom. The summed E-state index contributed by atoms with van der Waals surface area (Å²) < 4.78 is 12.3. The van der Waals surface area contributed by atoms with E-state index in [1.165, 1.54) is 4.90 Å². The lowest BCUT2D eigenvalue weighted by Gasteiger charge is -2.35. The molecule has 3 aromatic carbocycles. The summed E-state index contributed by atoms with van der Waals surface area (Å²) in [6.07, 6.45) is 0. The van der Waals surface area contributed by atoms with Gasteiger partial charge in [0.15, 0.2) is 0 Å². The van der Waals surface area contributed by atoms with E-state index in [-0.39, 0.29) is 12.6 Å². The van der Waals surface area contributed by atoms with Gasteiger partial charge in [0.1, 0.15) is 11.5 Å². The summed E-state index contributed by atoms with van der Waals surface area (Å²) in [5.74, 6) is -0.360. The van der Waals surface area contributed by atoms with E-state index >= 15 is 0 Å². The molecule has 1 unspecified atom stereocenters. The van der Waals surface area contributed by atoms with Crippen LogP contribution in [-0.2, 0) is 20.9 Å². The number of carbonyl (C=O) groups is 2. The fraction of sp³-hybridized carbons (Fsp3) is 0.259. The average molecular weight is 607 g/mol. The number of rotatable bonds is 6. The minimum Gasteiger partial charge on any atom is -0.457 e. The number of hydrogen-bond donors (Lipinski definition) is 1. The maximum absolute atomic E-state index is 12.9. The molecule has 4 rings (SSSR count). The first-order chi connectivity index (χ1) is 17.7. The van der Waals surface area contributed by atoms with E-state index in [9.17, 15) is 9.59 Å². The zero-order valence-corrected chi connectivity index (χ0v) is 23.4. The zero-order valence-electron chi connectivity index (χ0n) is 20.3. The van der Waals surface area contributed by atoms with Crippen molar-refractivity contribution in [3.63, 3.8) is 0 Å². The van der Waals surface area contributed by atoms with Gasteiger partial charge >= 0.3 is 11.8 Å². The molecule has 0 aromatic heterocycles. The van der Waals surface area contributed by atoms with Gasteiger partial charge in [-0.1, -0.05) is 51.3 Å². The second-order valence-corrected chi connectivity index (χ2v) is 10.5. The van der Waals surface area contributed by atoms with Crippen LogP contribution in [-0.4, -0.2) is 49.6 Å². The van der Waals surface area contributed by atoms with Crippen LogP contribution in [0.25, 0.3) is 0 Å². The molecule has 0 aliphatic carbocycles. The molecule has 7 nitrogen and oxygen atoms in total. The van der Waals surface area contributed by atoms with E-state index in [1.807, 2.05) is 18.2 Å². The highest BCUT2D eigenvalue weighted by molar-refractivity contribution is 9.10. The van der Waals surface area contributed by atoms with Crippen LogP contribution in [0.4, 0.5) is 11.4 Å². The molecule has 2 amide bonds. The number of halogens is 3. The number of hydrogen-bond acceptors (Lipinski definition) is 5. The topological polar surface area (TPSA) is 71.1 Å². The van der Waals surface area contributed by atoms with Crippen molar-refractivity contribution in [2.24, 2.45) is 0 Å². The molecular weight excluding hydrogens is 581 g/mol. The van der Waals surface area contributed by atoms with Crippen LogP contribution in [0.5, 0.6) is 11.5 Å². The van der Waals surface area contributed by atoms with Crippen molar-refractivity contribution < 1.29 is 19.1 Å². The summed E-state index contributed by atoms with van der Waals surface area (Å²) in [5, 5.41) is 3.69. The molecule has 10 heteroatoms. The molecule has 3 aromatic rings. The van der Waals surface area contributed by atoms with Gasteiger partial charge in [0.05, 0.1) is 23.9 Å². The first kappa shape index (κ1) is 27.3. The highest BCUT2D eigenvalue weighted by Crippen LogP contribution is 2.32. The monoisotopic (exact) mass is 605 g/mol. The van der Waals surface area contributed by atoms with Gasteiger partial charge in [0.2, 0.25) is 0 Å². The van der Waals surface area contributed by atoms with Crippen LogP contribution >= 0.6 is 39.1 Å². The Morgan fingerprint density at radius 2 is 1.97 bits per heavy atom. The van der Waals surface area contributed by atoms with Crippen molar-refractivity contribution in [2.45, 2.75) is 19.5 Å². The molecule has 1 N–H and O–H groups in total. The number of nitrogens with one attached hydrogen (secondary N) is 1. The number of benzene rings is 3. The maximum atomic E-state index is 12.9. The predicted molar refractivity (Wildman–Crippen MR) is 150 cm³/mol. The van der Waals surface area contributed by atoms with Gasteiger partial charge in [-0.2, -0.15) is 0 Å². The molecule has 1 heterocycles. The fourth-order valence-electron chi connectivity index (χ4n) is 4.00. The number of amides is 2. The van der Waals surface area contributed by atoms with Crippen molar-refractivity contribution in [1.29, 1.82) is 0 Å². The number of carbonyl (C=O) groups excluding carboxylic acids is 2. The van der Waals surface area contributed by atoms with Gasteiger partial charge in [0.25, 0.3) is 0 Å². The molecule has 1 aliphatic rings. The van der Waals surface area contributed by atoms with Gasteiger partial charge in [-0.3, -0.25) is 9.59 Å². The minimum absolute atomic E-state index is 0.157. The molecule has 1 atom stereocenters. The number of anilines is 2. The van der Waals surface area contributed by atoms with Crippen LogP contribution < -0.4 is 15.0 Å². The van der Waals surface area contributed by atoms with Gasteiger partial charge in [0, 0.05) is 46.9 Å². The second kappa shape index (κ2) is 12.2. The molecule has 1 fully saturated rings. The van der Waals surface area contributed by atoms with Crippen LogP contribution in [0.1, 0.15) is 12.5 Å². The van der Waals surface area contributed by atoms with Gasteiger partial charge in [-0.05, 0) is 55.5 Å². The van der Waals surface area contributed by atoms with Crippen LogP contribution in [0.2, 0.25) is 10.0 Å². The highest BCUT2D eigenvalue weighted by Gasteiger charge is 2.23. The van der Waals surface area contributed by atoms with Gasteiger partial charge in [-0.25, -0.2) is 0 Å². The summed E-state index contributed by atoms with van der Waals surface area (Å²) in [7, 11) is 1.56. The Kier molecular flexibility index (Phi) is 8.97. The van der Waals surface area contributed by atoms with E-state index in [0.29, 0.717) is 40.4 Å². The molecule has 0 saturated carbocycles. The number of ether oxygens (including phenoxy) is 2.